The Morgan fingerprint density at radius 2 is 0.692 bits per heavy atom. The summed E-state index contributed by atoms with van der Waals surface area (Å²) in [6.07, 6.45) is 5.09. The highest BCUT2D eigenvalue weighted by atomic mass is 32.1. The number of aryl methyl sites for hydroxylation is 3. The van der Waals surface area contributed by atoms with Crippen LogP contribution in [0.2, 0.25) is 0 Å². The average molecular weight is 1470 g/mol. The molecule has 0 aliphatic heterocycles. The molecule has 0 saturated carbocycles. The van der Waals surface area contributed by atoms with Gasteiger partial charge in [0.2, 0.25) is 5.82 Å². The van der Waals surface area contributed by atoms with E-state index in [1.807, 2.05) is 113 Å². The number of benzene rings is 12. The second-order valence-corrected chi connectivity index (χ2v) is 29.5. The maximum atomic E-state index is 14.3. The Morgan fingerprint density at radius 3 is 1.02 bits per heavy atom. The lowest BCUT2D eigenvalue weighted by Crippen LogP contribution is -2.28. The monoisotopic (exact) mass is 1470 g/mol. The molecule has 14 heteroatoms. The van der Waals surface area contributed by atoms with Gasteiger partial charge in [0.05, 0.1) is 22.4 Å². The van der Waals surface area contributed by atoms with Gasteiger partial charge < -0.3 is 14.0 Å². The van der Waals surface area contributed by atoms with Crippen molar-refractivity contribution in [2.45, 2.75) is 45.9 Å². The van der Waals surface area contributed by atoms with Crippen LogP contribution in [0.25, 0.3) is 23.0 Å². The largest absolute Gasteiger partial charge is 0.335 e. The van der Waals surface area contributed by atoms with Crippen LogP contribution < -0.4 is 36.7 Å². The molecular weight excluding hydrogens is 1390 g/mol. The van der Waals surface area contributed by atoms with E-state index in [1.165, 1.54) is 66.6 Å². The number of hydrogen-bond donors (Lipinski definition) is 1. The lowest BCUT2D eigenvalue weighted by molar-refractivity contribution is 0.384. The van der Waals surface area contributed by atoms with Crippen LogP contribution in [-0.4, -0.2) is 24.1 Å². The minimum Gasteiger partial charge on any atom is -0.335 e. The SMILES string of the molecule is C1=C(c2ccccn2)Cc2ccccc21.Cc1nc(-c2ccccc2)n(C)c1C.Cc1nc(C)n(C)c1C.Fc1c(F)c(F)c(P(c2ccccc2)c2ccccc2)c(F)c1F.Sc1ccccc1.c1ccc(N(c2ccccc2)c2ccccc2)cc1.c1ccc(P(c2ccccc2)c2ccccc2)cc1. The summed E-state index contributed by atoms with van der Waals surface area (Å²) < 4.78 is 73.5. The number of hydrogen-bond acceptors (Lipinski definition) is 5. The van der Waals surface area contributed by atoms with Gasteiger partial charge in [-0.25, -0.2) is 31.9 Å². The van der Waals surface area contributed by atoms with Gasteiger partial charge in [-0.05, 0) is 160 Å². The predicted octanol–water partition coefficient (Wildman–Crippen LogP) is 21.9. The Hall–Kier alpha value is -11.4. The number of pyridine rings is 1. The van der Waals surface area contributed by atoms with E-state index in [0.29, 0.717) is 10.6 Å². The summed E-state index contributed by atoms with van der Waals surface area (Å²) in [6, 6.07) is 115. The fourth-order valence-electron chi connectivity index (χ4n) is 11.6. The highest BCUT2D eigenvalue weighted by Crippen LogP contribution is 2.38. The maximum absolute atomic E-state index is 14.3. The molecule has 0 spiro atoms. The van der Waals surface area contributed by atoms with Crippen molar-refractivity contribution in [3.8, 4) is 11.4 Å². The third-order valence-electron chi connectivity index (χ3n) is 17.5. The molecule has 12 aromatic carbocycles. The predicted molar refractivity (Wildman–Crippen MR) is 443 cm³/mol. The number of para-hydroxylation sites is 3. The zero-order valence-electron chi connectivity index (χ0n) is 60.7. The molecule has 15 aromatic rings. The number of allylic oxidation sites excluding steroid dienone is 1. The summed E-state index contributed by atoms with van der Waals surface area (Å²) in [5.74, 6) is -7.45. The molecule has 536 valence electrons. The van der Waals surface area contributed by atoms with Gasteiger partial charge in [-0.2, -0.15) is 0 Å². The Balaban J connectivity index is 0.000000137. The van der Waals surface area contributed by atoms with Gasteiger partial charge in [-0.3, -0.25) is 4.98 Å². The summed E-state index contributed by atoms with van der Waals surface area (Å²) >= 11 is 4.08. The third kappa shape index (κ3) is 21.2. The van der Waals surface area contributed by atoms with Crippen LogP contribution in [0.3, 0.4) is 0 Å². The van der Waals surface area contributed by atoms with E-state index in [9.17, 15) is 22.0 Å². The van der Waals surface area contributed by atoms with E-state index < -0.39 is 50.2 Å². The molecule has 1 aliphatic carbocycles. The first-order valence-electron chi connectivity index (χ1n) is 34.9. The number of rotatable bonds is 11. The Kier molecular flexibility index (Phi) is 29.0. The first-order valence-corrected chi connectivity index (χ1v) is 38.0. The average Bonchev–Trinajstić information content (AvgIpc) is 1.23. The molecule has 0 unspecified atom stereocenters. The molecule has 3 aromatic heterocycles. The van der Waals surface area contributed by atoms with Crippen molar-refractivity contribution in [2.24, 2.45) is 14.1 Å². The van der Waals surface area contributed by atoms with Crippen molar-refractivity contribution >= 4 is 89.0 Å². The van der Waals surface area contributed by atoms with E-state index in [1.54, 1.807) is 60.7 Å². The molecular formula is C93H83F5N6P2S. The van der Waals surface area contributed by atoms with Gasteiger partial charge in [0.15, 0.2) is 23.3 Å². The molecule has 0 bridgehead atoms. The van der Waals surface area contributed by atoms with Gasteiger partial charge in [0.1, 0.15) is 11.6 Å². The quantitative estimate of drug-likeness (QED) is 0.0461. The van der Waals surface area contributed by atoms with Crippen LogP contribution in [0.4, 0.5) is 39.0 Å². The summed E-state index contributed by atoms with van der Waals surface area (Å²) in [7, 11) is 1.71. The molecule has 16 rings (SSSR count). The van der Waals surface area contributed by atoms with Gasteiger partial charge in [0.25, 0.3) is 0 Å². The first-order chi connectivity index (χ1) is 52.1. The summed E-state index contributed by atoms with van der Waals surface area (Å²) in [6.45, 7) is 10.3. The number of thiol groups is 1. The zero-order chi connectivity index (χ0) is 75.4. The maximum Gasteiger partial charge on any atom is 0.200 e. The summed E-state index contributed by atoms with van der Waals surface area (Å²) in [5.41, 5.74) is 14.5. The highest BCUT2D eigenvalue weighted by molar-refractivity contribution is 7.80. The fraction of sp³-hybridized carbons (Fsp3) is 0.0860. The van der Waals surface area contributed by atoms with Gasteiger partial charge in [-0.15, -0.1) is 12.6 Å². The smallest absolute Gasteiger partial charge is 0.200 e. The van der Waals surface area contributed by atoms with Crippen molar-refractivity contribution in [3.05, 3.63) is 426 Å². The number of nitrogens with zero attached hydrogens (tertiary/aromatic N) is 6. The molecule has 0 amide bonds. The highest BCUT2D eigenvalue weighted by Gasteiger charge is 2.32. The van der Waals surface area contributed by atoms with Crippen LogP contribution in [-0.2, 0) is 20.5 Å². The van der Waals surface area contributed by atoms with Crippen molar-refractivity contribution in [1.29, 1.82) is 0 Å². The third-order valence-corrected chi connectivity index (χ3v) is 22.7. The van der Waals surface area contributed by atoms with Crippen LogP contribution in [0, 0.1) is 63.7 Å². The van der Waals surface area contributed by atoms with Crippen LogP contribution in [0.1, 0.15) is 45.4 Å². The molecule has 0 fully saturated rings. The molecule has 0 radical (unpaired) electrons. The summed E-state index contributed by atoms with van der Waals surface area (Å²) in [4.78, 5) is 16.5. The van der Waals surface area contributed by atoms with Crippen molar-refractivity contribution in [1.82, 2.24) is 24.1 Å². The number of fused-ring (bicyclic) bond motifs is 1. The number of halogens is 5. The zero-order valence-corrected chi connectivity index (χ0v) is 63.4. The number of aromatic nitrogens is 5. The molecule has 0 atom stereocenters. The van der Waals surface area contributed by atoms with Gasteiger partial charge >= 0.3 is 0 Å². The van der Waals surface area contributed by atoms with Crippen LogP contribution >= 0.6 is 28.5 Å². The van der Waals surface area contributed by atoms with Crippen molar-refractivity contribution < 1.29 is 22.0 Å². The normalized spacial score (nSPS) is 10.9. The second kappa shape index (κ2) is 39.6. The molecule has 6 nitrogen and oxygen atoms in total. The topological polar surface area (TPSA) is 51.8 Å². The second-order valence-electron chi connectivity index (χ2n) is 24.6. The lowest BCUT2D eigenvalue weighted by atomic mass is 10.1. The minimum atomic E-state index is -2.15. The van der Waals surface area contributed by atoms with Crippen LogP contribution in [0.5, 0.6) is 0 Å². The van der Waals surface area contributed by atoms with E-state index >= 15 is 0 Å². The fourth-order valence-corrected chi connectivity index (χ4v) is 16.4. The molecule has 0 N–H and O–H groups in total. The van der Waals surface area contributed by atoms with E-state index in [0.717, 1.165) is 40.0 Å². The van der Waals surface area contributed by atoms with Gasteiger partial charge in [0, 0.05) is 65.6 Å². The first kappa shape index (κ1) is 78.2. The Bertz CT molecular complexity index is 4810. The minimum absolute atomic E-state index is 0.446. The molecule has 3 heterocycles. The van der Waals surface area contributed by atoms with Crippen LogP contribution in [0.15, 0.2) is 357 Å². The molecule has 107 heavy (non-hydrogen) atoms. The number of imidazole rings is 2. The molecule has 1 aliphatic rings. The van der Waals surface area contributed by atoms with E-state index in [2.05, 4.69) is 275 Å². The lowest BCUT2D eigenvalue weighted by Gasteiger charge is -2.25. The van der Waals surface area contributed by atoms with Crippen molar-refractivity contribution in [2.75, 3.05) is 4.90 Å². The van der Waals surface area contributed by atoms with Gasteiger partial charge in [-0.1, -0.05) is 285 Å². The molecule has 0 saturated heterocycles. The number of anilines is 3. The van der Waals surface area contributed by atoms with E-state index in [-0.39, 0.29) is 0 Å². The Labute approximate surface area is 633 Å². The summed E-state index contributed by atoms with van der Waals surface area (Å²) in [5, 5.41) is 4.38. The Morgan fingerprint density at radius 1 is 0.355 bits per heavy atom. The standard InChI is InChI=1S/C18H10F5P.C18H15N.C18H15P.C14H11N.C12H14N2.C7H12N2.C6H6S/c19-13-14(20)16(22)18(17(23)15(13)21)24(11-7-3-1-4-8-11)12-9-5-2-6-10-12;2*1-4-10-16(11-5-1)19(17-12-6-2-7-13-17)18-14-8-3-9-15-18;1-2-6-12-10-13(9-11(12)5-1)14-7-3-4-8-15-14;1-9-10(2)14(3)12(13-9)11-7-5-4-6-8-11;1-5-6(2)9(4)7(3)8-5;7-6-4-2-1-3-5-6/h1-10H;2*1-15H;1-9H,10H2;4-8H,1-3H3;1-4H3;1-5,7H. The van der Waals surface area contributed by atoms with Crippen molar-refractivity contribution in [3.63, 3.8) is 0 Å². The van der Waals surface area contributed by atoms with E-state index in [4.69, 9.17) is 0 Å².